The number of imidazole rings is 1. The summed E-state index contributed by atoms with van der Waals surface area (Å²) in [5.41, 5.74) is 2.50. The van der Waals surface area contributed by atoms with Gasteiger partial charge in [-0.1, -0.05) is 12.1 Å². The normalized spacial score (nSPS) is 12.0. The molecule has 0 fully saturated rings. The molecule has 0 saturated carbocycles. The van der Waals surface area contributed by atoms with E-state index in [0.29, 0.717) is 12.2 Å². The Labute approximate surface area is 132 Å². The summed E-state index contributed by atoms with van der Waals surface area (Å²) in [5, 5.41) is 11.6. The van der Waals surface area contributed by atoms with Crippen LogP contribution in [0.4, 0.5) is 4.79 Å². The number of aromatic amines is 1. The third-order valence-corrected chi connectivity index (χ3v) is 3.53. The number of H-pyrrole nitrogens is 1. The monoisotopic (exact) mass is 312 g/mol. The van der Waals surface area contributed by atoms with E-state index in [0.717, 1.165) is 22.3 Å². The molecule has 1 atom stereocenters. The van der Waals surface area contributed by atoms with Crippen LogP contribution in [-0.4, -0.2) is 33.3 Å². The molecular formula is C16H16N4O3. The van der Waals surface area contributed by atoms with Crippen LogP contribution in [0.3, 0.4) is 0 Å². The zero-order valence-electron chi connectivity index (χ0n) is 12.5. The number of hydrogen-bond acceptors (Lipinski definition) is 4. The summed E-state index contributed by atoms with van der Waals surface area (Å²) < 4.78 is 5.13. The van der Waals surface area contributed by atoms with Crippen LogP contribution in [0.15, 0.2) is 42.7 Å². The molecular weight excluding hydrogens is 296 g/mol. The topological polar surface area (TPSA) is 100 Å². The van der Waals surface area contributed by atoms with E-state index in [4.69, 9.17) is 9.84 Å². The summed E-state index contributed by atoms with van der Waals surface area (Å²) in [5.74, 6) is 1.32. The lowest BCUT2D eigenvalue weighted by molar-refractivity contribution is 0.189. The van der Waals surface area contributed by atoms with Crippen LogP contribution in [0.5, 0.6) is 5.75 Å². The number of amides is 1. The fourth-order valence-corrected chi connectivity index (χ4v) is 2.40. The van der Waals surface area contributed by atoms with Crippen LogP contribution in [-0.2, 0) is 6.42 Å². The van der Waals surface area contributed by atoms with Crippen LogP contribution in [0, 0.1) is 0 Å². The first-order valence-electron chi connectivity index (χ1n) is 7.07. The van der Waals surface area contributed by atoms with Gasteiger partial charge < -0.3 is 20.1 Å². The predicted molar refractivity (Wildman–Crippen MR) is 84.5 cm³/mol. The molecule has 0 radical (unpaired) electrons. The molecule has 3 rings (SSSR count). The fourth-order valence-electron chi connectivity index (χ4n) is 2.40. The van der Waals surface area contributed by atoms with Gasteiger partial charge >= 0.3 is 6.09 Å². The molecule has 23 heavy (non-hydrogen) atoms. The molecule has 0 aliphatic rings. The number of rotatable bonds is 5. The van der Waals surface area contributed by atoms with Crippen molar-refractivity contribution in [1.82, 2.24) is 20.3 Å². The number of nitrogens with one attached hydrogen (secondary N) is 2. The summed E-state index contributed by atoms with van der Waals surface area (Å²) >= 11 is 0. The van der Waals surface area contributed by atoms with Crippen LogP contribution >= 0.6 is 0 Å². The molecule has 3 aromatic rings. The molecule has 1 aromatic carbocycles. The van der Waals surface area contributed by atoms with Crippen LogP contribution < -0.4 is 10.1 Å². The maximum atomic E-state index is 11.1. The Morgan fingerprint density at radius 3 is 2.78 bits per heavy atom. The second-order valence-corrected chi connectivity index (χ2v) is 5.07. The molecule has 2 heterocycles. The Hall–Kier alpha value is -3.09. The zero-order chi connectivity index (χ0) is 16.2. The van der Waals surface area contributed by atoms with Crippen LogP contribution in [0.25, 0.3) is 11.0 Å². The number of carboxylic acid groups (broad SMARTS) is 1. The smallest absolute Gasteiger partial charge is 0.405 e. The first-order chi connectivity index (χ1) is 11.2. The first-order valence-corrected chi connectivity index (χ1v) is 7.07. The van der Waals surface area contributed by atoms with Gasteiger partial charge in [-0.2, -0.15) is 0 Å². The maximum absolute atomic E-state index is 11.1. The second kappa shape index (κ2) is 6.35. The third-order valence-electron chi connectivity index (χ3n) is 3.53. The Morgan fingerprint density at radius 2 is 2.13 bits per heavy atom. The van der Waals surface area contributed by atoms with Crippen molar-refractivity contribution in [2.24, 2.45) is 0 Å². The highest BCUT2D eigenvalue weighted by atomic mass is 16.5. The molecule has 118 valence electrons. The van der Waals surface area contributed by atoms with Crippen molar-refractivity contribution in [3.63, 3.8) is 0 Å². The van der Waals surface area contributed by atoms with Gasteiger partial charge in [0, 0.05) is 12.6 Å². The number of ether oxygens (including phenoxy) is 1. The van der Waals surface area contributed by atoms with E-state index < -0.39 is 12.1 Å². The Morgan fingerprint density at radius 1 is 1.35 bits per heavy atom. The molecule has 7 heteroatoms. The predicted octanol–water partition coefficient (Wildman–Crippen LogP) is 2.52. The van der Waals surface area contributed by atoms with Crippen molar-refractivity contribution in [3.05, 3.63) is 54.1 Å². The molecule has 0 aliphatic carbocycles. The highest BCUT2D eigenvalue weighted by Gasteiger charge is 2.18. The molecule has 0 unspecified atom stereocenters. The minimum atomic E-state index is -1.10. The number of carbonyl (C=O) groups is 1. The Balaban J connectivity index is 1.88. The van der Waals surface area contributed by atoms with Gasteiger partial charge in [0.1, 0.15) is 11.6 Å². The van der Waals surface area contributed by atoms with Gasteiger partial charge in [-0.3, -0.25) is 4.98 Å². The van der Waals surface area contributed by atoms with Crippen molar-refractivity contribution in [2.45, 2.75) is 12.5 Å². The van der Waals surface area contributed by atoms with Gasteiger partial charge in [0.25, 0.3) is 0 Å². The van der Waals surface area contributed by atoms with Gasteiger partial charge in [0.2, 0.25) is 0 Å². The highest BCUT2D eigenvalue weighted by molar-refractivity contribution is 5.74. The number of hydrogen-bond donors (Lipinski definition) is 3. The highest BCUT2D eigenvalue weighted by Crippen LogP contribution is 2.21. The van der Waals surface area contributed by atoms with Gasteiger partial charge in [-0.25, -0.2) is 9.78 Å². The average Bonchev–Trinajstić information content (AvgIpc) is 2.98. The summed E-state index contributed by atoms with van der Waals surface area (Å²) in [6, 6.07) is 8.79. The van der Waals surface area contributed by atoms with Gasteiger partial charge in [0.15, 0.2) is 0 Å². The summed E-state index contributed by atoms with van der Waals surface area (Å²) in [7, 11) is 1.60. The van der Waals surface area contributed by atoms with E-state index in [1.807, 2.05) is 24.3 Å². The summed E-state index contributed by atoms with van der Waals surface area (Å²) in [6.45, 7) is 0. The van der Waals surface area contributed by atoms with Crippen molar-refractivity contribution in [3.8, 4) is 5.75 Å². The second-order valence-electron chi connectivity index (χ2n) is 5.07. The third kappa shape index (κ3) is 3.39. The number of pyridine rings is 1. The fraction of sp³-hybridized carbons (Fsp3) is 0.188. The SMILES string of the molecule is COc1ccc(C[C@@H](NC(=O)O)c2nc3ccncc3[nH]2)cc1. The first kappa shape index (κ1) is 14.8. The number of benzene rings is 1. The number of nitrogens with zero attached hydrogens (tertiary/aromatic N) is 2. The number of methoxy groups -OCH3 is 1. The largest absolute Gasteiger partial charge is 0.497 e. The van der Waals surface area contributed by atoms with Gasteiger partial charge in [-0.05, 0) is 23.8 Å². The standard InChI is InChI=1S/C16H16N4O3/c1-23-11-4-2-10(3-5-11)8-13(20-16(21)22)15-18-12-6-7-17-9-14(12)19-15/h2-7,9,13,20H,8H2,1H3,(H,18,19)(H,21,22)/t13-/m1/s1. The molecule has 0 bridgehead atoms. The minimum absolute atomic E-state index is 0.476. The molecule has 3 N–H and O–H groups in total. The van der Waals surface area contributed by atoms with E-state index in [2.05, 4.69) is 20.3 Å². The Bertz CT molecular complexity index is 781. The van der Waals surface area contributed by atoms with E-state index >= 15 is 0 Å². The lowest BCUT2D eigenvalue weighted by Crippen LogP contribution is -2.29. The van der Waals surface area contributed by atoms with Crippen LogP contribution in [0.1, 0.15) is 17.4 Å². The van der Waals surface area contributed by atoms with Gasteiger partial charge in [0.05, 0.1) is 30.4 Å². The van der Waals surface area contributed by atoms with Crippen molar-refractivity contribution in [1.29, 1.82) is 0 Å². The minimum Gasteiger partial charge on any atom is -0.497 e. The number of fused-ring (bicyclic) bond motifs is 1. The van der Waals surface area contributed by atoms with Crippen molar-refractivity contribution in [2.75, 3.05) is 7.11 Å². The summed E-state index contributed by atoms with van der Waals surface area (Å²) in [4.78, 5) is 22.7. The van der Waals surface area contributed by atoms with E-state index in [9.17, 15) is 4.79 Å². The van der Waals surface area contributed by atoms with E-state index in [-0.39, 0.29) is 0 Å². The molecule has 2 aromatic heterocycles. The Kier molecular flexibility index (Phi) is 4.09. The molecule has 0 aliphatic heterocycles. The maximum Gasteiger partial charge on any atom is 0.405 e. The zero-order valence-corrected chi connectivity index (χ0v) is 12.5. The average molecular weight is 312 g/mol. The van der Waals surface area contributed by atoms with Crippen molar-refractivity contribution < 1.29 is 14.6 Å². The van der Waals surface area contributed by atoms with Crippen molar-refractivity contribution >= 4 is 17.1 Å². The summed E-state index contributed by atoms with van der Waals surface area (Å²) in [6.07, 6.45) is 2.69. The van der Waals surface area contributed by atoms with E-state index in [1.54, 1.807) is 25.6 Å². The molecule has 0 saturated heterocycles. The lowest BCUT2D eigenvalue weighted by atomic mass is 10.1. The molecule has 7 nitrogen and oxygen atoms in total. The molecule has 0 spiro atoms. The van der Waals surface area contributed by atoms with E-state index in [1.165, 1.54) is 0 Å². The van der Waals surface area contributed by atoms with Gasteiger partial charge in [-0.15, -0.1) is 0 Å². The molecule has 1 amide bonds. The lowest BCUT2D eigenvalue weighted by Gasteiger charge is -2.15. The quantitative estimate of drug-likeness (QED) is 0.672. The van der Waals surface area contributed by atoms with Crippen LogP contribution in [0.2, 0.25) is 0 Å². The number of aromatic nitrogens is 3.